The Hall–Kier alpha value is -8.63. The van der Waals surface area contributed by atoms with Crippen LogP contribution in [0.2, 0.25) is 0 Å². The average molecular weight is 1120 g/mol. The summed E-state index contributed by atoms with van der Waals surface area (Å²) in [5.74, 6) is -0.0468. The lowest BCUT2D eigenvalue weighted by Crippen LogP contribution is -2.45. The van der Waals surface area contributed by atoms with Gasteiger partial charge in [-0.1, -0.05) is 19.6 Å². The number of rotatable bonds is 10. The van der Waals surface area contributed by atoms with Crippen LogP contribution in [0.3, 0.4) is 0 Å². The van der Waals surface area contributed by atoms with E-state index in [1.807, 2.05) is 62.9 Å². The maximum Gasteiger partial charge on any atom is 0.496 e. The van der Waals surface area contributed by atoms with Crippen molar-refractivity contribution in [1.82, 2.24) is 44.8 Å². The molecular formula is C58H59BBrN13O6. The molecule has 1 aromatic carbocycles. The van der Waals surface area contributed by atoms with Crippen molar-refractivity contribution in [1.29, 1.82) is 10.5 Å². The highest BCUT2D eigenvalue weighted by atomic mass is 79.9. The Bertz CT molecular complexity index is 3590. The number of nitrogens with one attached hydrogen (secondary N) is 2. The number of hydrogen-bond donors (Lipinski definition) is 2. The van der Waals surface area contributed by atoms with Crippen LogP contribution in [0.4, 0.5) is 11.5 Å². The van der Waals surface area contributed by atoms with Gasteiger partial charge in [0.2, 0.25) is 0 Å². The van der Waals surface area contributed by atoms with Crippen LogP contribution in [0.5, 0.6) is 0 Å². The summed E-state index contributed by atoms with van der Waals surface area (Å²) in [6.07, 6.45) is 17.8. The van der Waals surface area contributed by atoms with Gasteiger partial charge in [-0.15, -0.1) is 0 Å². The summed E-state index contributed by atoms with van der Waals surface area (Å²) in [5.41, 5.74) is 6.97. The first-order valence-corrected chi connectivity index (χ1v) is 26.2. The molecule has 402 valence electrons. The normalized spacial score (nSPS) is 15.0. The van der Waals surface area contributed by atoms with Crippen LogP contribution in [0.25, 0.3) is 22.2 Å². The molecule has 1 saturated heterocycles. The van der Waals surface area contributed by atoms with Gasteiger partial charge in [0.1, 0.15) is 23.3 Å². The quantitative estimate of drug-likeness (QED) is 0.122. The molecule has 8 aromatic rings. The Labute approximate surface area is 466 Å². The van der Waals surface area contributed by atoms with E-state index < -0.39 is 7.12 Å². The second kappa shape index (κ2) is 23.9. The highest BCUT2D eigenvalue weighted by Gasteiger charge is 2.52. The summed E-state index contributed by atoms with van der Waals surface area (Å²) in [6, 6.07) is 29.2. The zero-order valence-electron chi connectivity index (χ0n) is 43.8. The van der Waals surface area contributed by atoms with Crippen LogP contribution < -0.4 is 25.9 Å². The van der Waals surface area contributed by atoms with Crippen LogP contribution in [-0.4, -0.2) is 102 Å². The van der Waals surface area contributed by atoms with Gasteiger partial charge in [-0.25, -0.2) is 14.0 Å². The Balaban J connectivity index is 0.000000162. The maximum atomic E-state index is 13.7. The summed E-state index contributed by atoms with van der Waals surface area (Å²) < 4.78 is 16.1. The first-order valence-electron chi connectivity index (χ1n) is 25.4. The minimum atomic E-state index is -0.448. The fourth-order valence-electron chi connectivity index (χ4n) is 8.83. The first kappa shape index (κ1) is 56.6. The Morgan fingerprint density at radius 2 is 1.18 bits per heavy atom. The van der Waals surface area contributed by atoms with Gasteiger partial charge in [0, 0.05) is 90.6 Å². The van der Waals surface area contributed by atoms with E-state index in [1.165, 1.54) is 6.20 Å². The van der Waals surface area contributed by atoms with Crippen LogP contribution in [0, 0.1) is 22.7 Å². The second-order valence-corrected chi connectivity index (χ2v) is 20.7. The molecule has 7 aromatic heterocycles. The number of halogens is 1. The van der Waals surface area contributed by atoms with Gasteiger partial charge < -0.3 is 24.8 Å². The topological polar surface area (TPSA) is 238 Å². The zero-order chi connectivity index (χ0) is 55.3. The van der Waals surface area contributed by atoms with E-state index >= 15 is 0 Å². The molecule has 1 aliphatic heterocycles. The number of nitrogens with zero attached hydrogens (tertiary/aromatic N) is 11. The predicted molar refractivity (Wildman–Crippen MR) is 304 cm³/mol. The van der Waals surface area contributed by atoms with Gasteiger partial charge >= 0.3 is 7.12 Å². The molecule has 4 amide bonds. The predicted octanol–water partition coefficient (Wildman–Crippen LogP) is 8.77. The van der Waals surface area contributed by atoms with Crippen molar-refractivity contribution in [2.24, 2.45) is 0 Å². The van der Waals surface area contributed by atoms with E-state index in [2.05, 4.69) is 63.9 Å². The Morgan fingerprint density at radius 1 is 0.646 bits per heavy atom. The number of aromatic nitrogens is 7. The number of amides is 4. The maximum absolute atomic E-state index is 13.7. The Kier molecular flexibility index (Phi) is 17.2. The van der Waals surface area contributed by atoms with Gasteiger partial charge in [0.05, 0.1) is 56.3 Å². The van der Waals surface area contributed by atoms with Crippen LogP contribution in [0.15, 0.2) is 133 Å². The molecule has 0 bridgehead atoms. The van der Waals surface area contributed by atoms with Crippen LogP contribution >= 0.6 is 15.9 Å². The molecule has 2 saturated carbocycles. The van der Waals surface area contributed by atoms with Crippen molar-refractivity contribution in [3.8, 4) is 23.3 Å². The van der Waals surface area contributed by atoms with E-state index in [1.54, 1.807) is 120 Å². The third-order valence-corrected chi connectivity index (χ3v) is 15.1. The number of pyridine rings is 5. The first-order chi connectivity index (χ1) is 37.5. The molecule has 21 heteroatoms. The van der Waals surface area contributed by atoms with Crippen LogP contribution in [0.1, 0.15) is 126 Å². The molecule has 79 heavy (non-hydrogen) atoms. The minimum absolute atomic E-state index is 0. The molecule has 3 fully saturated rings. The highest BCUT2D eigenvalue weighted by Crippen LogP contribution is 2.37. The lowest BCUT2D eigenvalue weighted by atomic mass is 9.80. The summed E-state index contributed by atoms with van der Waals surface area (Å²) in [6.45, 7) is 8.00. The second-order valence-electron chi connectivity index (χ2n) is 19.9. The van der Waals surface area contributed by atoms with Crippen molar-refractivity contribution < 1.29 is 28.5 Å². The van der Waals surface area contributed by atoms with Crippen molar-refractivity contribution in [3.63, 3.8) is 0 Å². The fourth-order valence-corrected chi connectivity index (χ4v) is 9.22. The molecule has 0 radical (unpaired) electrons. The minimum Gasteiger partial charge on any atom is -0.399 e. The summed E-state index contributed by atoms with van der Waals surface area (Å²) in [7, 11) is 2.69. The summed E-state index contributed by atoms with van der Waals surface area (Å²) in [5, 5.41) is 31.8. The highest BCUT2D eigenvalue weighted by molar-refractivity contribution is 9.10. The summed E-state index contributed by atoms with van der Waals surface area (Å²) in [4.78, 5) is 66.4. The van der Waals surface area contributed by atoms with Gasteiger partial charge in [0.15, 0.2) is 0 Å². The third kappa shape index (κ3) is 11.9. The zero-order valence-corrected chi connectivity index (χ0v) is 45.4. The van der Waals surface area contributed by atoms with Crippen molar-refractivity contribution in [2.45, 2.75) is 96.9 Å². The SMILES string of the molecule is C.CNC(=O)c1ccc(-c2cnn3ccc(C(=O)N(c4ccc(C#N)cc4)C4CCC4)cc23)cn1.CNC(=O)c1ccc(B2OC(C)(C)C(C)(C)O2)cn1.N#Cc1ccc(N(C(=O)c2ccn3ncc(Br)c3c2)C2CCC2)nc1. The monoisotopic (exact) mass is 1120 g/mol. The van der Waals surface area contributed by atoms with Crippen LogP contribution in [-0.2, 0) is 9.31 Å². The fraction of sp³-hybridized carbons (Fsp3) is 0.293. The van der Waals surface area contributed by atoms with E-state index in [4.69, 9.17) is 19.8 Å². The van der Waals surface area contributed by atoms with Crippen molar-refractivity contribution in [2.75, 3.05) is 23.9 Å². The smallest absolute Gasteiger partial charge is 0.399 e. The number of carbonyl (C=O) groups excluding carboxylic acids is 4. The van der Waals surface area contributed by atoms with Crippen molar-refractivity contribution in [3.05, 3.63) is 166 Å². The molecule has 0 unspecified atom stereocenters. The van der Waals surface area contributed by atoms with Gasteiger partial charge in [-0.05, 0) is 155 Å². The lowest BCUT2D eigenvalue weighted by Gasteiger charge is -2.37. The van der Waals surface area contributed by atoms with E-state index in [9.17, 15) is 19.2 Å². The van der Waals surface area contributed by atoms with E-state index in [0.29, 0.717) is 39.5 Å². The molecular weight excluding hydrogens is 1070 g/mol. The van der Waals surface area contributed by atoms with E-state index in [0.717, 1.165) is 76.3 Å². The average Bonchev–Trinajstić information content (AvgIpc) is 4.12. The largest absolute Gasteiger partial charge is 0.496 e. The van der Waals surface area contributed by atoms with Gasteiger partial charge in [0.25, 0.3) is 23.6 Å². The number of hydrogen-bond acceptors (Lipinski definition) is 13. The van der Waals surface area contributed by atoms with Gasteiger partial charge in [-0.3, -0.25) is 34.0 Å². The molecule has 11 rings (SSSR count). The molecule has 2 aliphatic carbocycles. The standard InChI is InChI=1S/C26H22N6O2.C18H14BrN5O.C13H19BN2O3.CH4/c1-28-25(33)23-10-7-19(15-29-23)22-16-30-31-12-11-18(13-24(22)31)26(34)32(20-3-2-4-20)21-8-5-17(14-27)6-9-21;19-15-11-22-23-7-6-13(8-16(15)23)18(25)24(14-2-1-3-14)17-5-4-12(9-20)10-21-17;1-12(2)13(3,4)19-14(18-12)9-6-7-10(16-8-9)11(17)15-5;/h5-13,15-16,20H,2-4H2,1H3,(H,28,33);4-8,10-11,14H,1-3H2;6-8H,1-5H3,(H,15,17);1H4. The summed E-state index contributed by atoms with van der Waals surface area (Å²) >= 11 is 3.45. The third-order valence-electron chi connectivity index (χ3n) is 14.5. The number of carbonyl (C=O) groups is 4. The molecule has 2 N–H and O–H groups in total. The number of fused-ring (bicyclic) bond motifs is 2. The molecule has 8 heterocycles. The van der Waals surface area contributed by atoms with E-state index in [-0.39, 0.29) is 54.3 Å². The number of nitriles is 2. The Morgan fingerprint density at radius 3 is 1.68 bits per heavy atom. The molecule has 3 aliphatic rings. The molecule has 0 spiro atoms. The molecule has 19 nitrogen and oxygen atoms in total. The number of benzene rings is 1. The lowest BCUT2D eigenvalue weighted by molar-refractivity contribution is 0.00578. The van der Waals surface area contributed by atoms with Crippen molar-refractivity contribution >= 4 is 74.7 Å². The molecule has 0 atom stereocenters. The number of anilines is 2. The van der Waals surface area contributed by atoms with Gasteiger partial charge in [-0.2, -0.15) is 20.7 Å².